The molecule has 0 bridgehead atoms. The van der Waals surface area contributed by atoms with Gasteiger partial charge < -0.3 is 14.3 Å². The summed E-state index contributed by atoms with van der Waals surface area (Å²) in [5, 5.41) is 0. The van der Waals surface area contributed by atoms with Crippen molar-refractivity contribution in [1.82, 2.24) is 0 Å². The van der Waals surface area contributed by atoms with E-state index in [1.807, 2.05) is 62.1 Å². The van der Waals surface area contributed by atoms with E-state index in [1.54, 1.807) is 0 Å². The number of hydrogen-bond donors (Lipinski definition) is 0. The van der Waals surface area contributed by atoms with Gasteiger partial charge in [0.15, 0.2) is 0 Å². The number of benzene rings is 2. The molecule has 0 aliphatic rings. The summed E-state index contributed by atoms with van der Waals surface area (Å²) < 4.78 is 5.69. The molecule has 0 N–H and O–H groups in total. The Hall–Kier alpha value is -2.42. The van der Waals surface area contributed by atoms with Crippen LogP contribution in [-0.2, 0) is 9.59 Å². The maximum atomic E-state index is 8.00. The van der Waals surface area contributed by atoms with Gasteiger partial charge in [0.05, 0.1) is 0 Å². The Labute approximate surface area is 113 Å². The number of hydrogen-bond acceptors (Lipinski definition) is 3. The molecule has 0 atom stereocenters. The zero-order valence-corrected chi connectivity index (χ0v) is 11.3. The molecule has 0 saturated heterocycles. The molecule has 0 aliphatic heterocycles. The van der Waals surface area contributed by atoms with Crippen LogP contribution >= 0.6 is 0 Å². The van der Waals surface area contributed by atoms with Gasteiger partial charge in [0.2, 0.25) is 0 Å². The number of ether oxygens (including phenoxy) is 1. The molecule has 0 heterocycles. The second-order valence-electron chi connectivity index (χ2n) is 3.73. The first-order valence-electron chi connectivity index (χ1n) is 5.63. The molecule has 0 saturated carbocycles. The third-order valence-electron chi connectivity index (χ3n) is 2.28. The zero-order valence-electron chi connectivity index (χ0n) is 11.3. The van der Waals surface area contributed by atoms with Gasteiger partial charge in [-0.3, -0.25) is 0 Å². The lowest BCUT2D eigenvalue weighted by Crippen LogP contribution is -1.84. The largest absolute Gasteiger partial charge is 0.457 e. The van der Waals surface area contributed by atoms with Crippen LogP contribution in [0.3, 0.4) is 0 Å². The Balaban J connectivity index is 0.000000741. The van der Waals surface area contributed by atoms with Crippen LogP contribution in [0.15, 0.2) is 48.5 Å². The highest BCUT2D eigenvalue weighted by Crippen LogP contribution is 2.21. The molecule has 0 unspecified atom stereocenters. The Morgan fingerprint density at radius 1 is 0.632 bits per heavy atom. The van der Waals surface area contributed by atoms with Crippen molar-refractivity contribution >= 4 is 13.6 Å². The highest BCUT2D eigenvalue weighted by atomic mass is 16.5. The number of carbonyl (C=O) groups excluding carboxylic acids is 2. The van der Waals surface area contributed by atoms with Crippen LogP contribution in [0.1, 0.15) is 11.1 Å². The Kier molecular flexibility index (Phi) is 8.37. The fourth-order valence-electron chi connectivity index (χ4n) is 1.35. The van der Waals surface area contributed by atoms with Crippen molar-refractivity contribution in [3.8, 4) is 11.5 Å². The molecular formula is C16H18O3. The van der Waals surface area contributed by atoms with Gasteiger partial charge in [0, 0.05) is 0 Å². The summed E-state index contributed by atoms with van der Waals surface area (Å²) in [4.78, 5) is 16.0. The summed E-state index contributed by atoms with van der Waals surface area (Å²) in [7, 11) is 0. The van der Waals surface area contributed by atoms with Crippen molar-refractivity contribution in [2.24, 2.45) is 0 Å². The van der Waals surface area contributed by atoms with Crippen LogP contribution in [0.5, 0.6) is 11.5 Å². The van der Waals surface area contributed by atoms with Crippen molar-refractivity contribution in [2.45, 2.75) is 13.8 Å². The lowest BCUT2D eigenvalue weighted by Gasteiger charge is -2.05. The molecule has 3 nitrogen and oxygen atoms in total. The van der Waals surface area contributed by atoms with E-state index in [2.05, 4.69) is 13.8 Å². The molecule has 0 aliphatic carbocycles. The van der Waals surface area contributed by atoms with Crippen LogP contribution in [0.4, 0.5) is 0 Å². The first-order valence-corrected chi connectivity index (χ1v) is 5.63. The predicted octanol–water partition coefficient (Wildman–Crippen LogP) is 3.73. The molecule has 3 heteroatoms. The summed E-state index contributed by atoms with van der Waals surface area (Å²) in [6.07, 6.45) is 0. The average Bonchev–Trinajstić information content (AvgIpc) is 2.48. The van der Waals surface area contributed by atoms with E-state index in [4.69, 9.17) is 14.3 Å². The van der Waals surface area contributed by atoms with Crippen LogP contribution in [-0.4, -0.2) is 13.6 Å². The molecule has 2 aromatic carbocycles. The van der Waals surface area contributed by atoms with Gasteiger partial charge in [-0.2, -0.15) is 0 Å². The lowest BCUT2D eigenvalue weighted by atomic mass is 10.2. The third kappa shape index (κ3) is 6.17. The molecule has 0 spiro atoms. The molecule has 0 fully saturated rings. The van der Waals surface area contributed by atoms with Gasteiger partial charge in [-0.15, -0.1) is 0 Å². The van der Waals surface area contributed by atoms with Crippen molar-refractivity contribution in [2.75, 3.05) is 0 Å². The molecule has 2 rings (SSSR count). The monoisotopic (exact) mass is 258 g/mol. The smallest absolute Gasteiger partial charge is 0.127 e. The predicted molar refractivity (Wildman–Crippen MR) is 76.7 cm³/mol. The SMILES string of the molecule is C=O.C=O.Cc1ccc(Oc2ccc(C)cc2)cc1. The minimum Gasteiger partial charge on any atom is -0.457 e. The maximum absolute atomic E-state index is 8.00. The summed E-state index contributed by atoms with van der Waals surface area (Å²) >= 11 is 0. The molecule has 0 aromatic heterocycles. The Bertz CT molecular complexity index is 415. The van der Waals surface area contributed by atoms with Crippen LogP contribution in [0.2, 0.25) is 0 Å². The minimum absolute atomic E-state index is 0.879. The number of aryl methyl sites for hydroxylation is 2. The van der Waals surface area contributed by atoms with E-state index >= 15 is 0 Å². The van der Waals surface area contributed by atoms with Gasteiger partial charge in [-0.1, -0.05) is 35.4 Å². The summed E-state index contributed by atoms with van der Waals surface area (Å²) in [6, 6.07) is 16.1. The fourth-order valence-corrected chi connectivity index (χ4v) is 1.35. The summed E-state index contributed by atoms with van der Waals surface area (Å²) in [6.45, 7) is 8.13. The fraction of sp³-hybridized carbons (Fsp3) is 0.125. The second-order valence-corrected chi connectivity index (χ2v) is 3.73. The van der Waals surface area contributed by atoms with E-state index in [9.17, 15) is 0 Å². The first kappa shape index (κ1) is 16.6. The Morgan fingerprint density at radius 3 is 1.16 bits per heavy atom. The van der Waals surface area contributed by atoms with Gasteiger partial charge in [-0.05, 0) is 38.1 Å². The summed E-state index contributed by atoms with van der Waals surface area (Å²) in [5.74, 6) is 1.76. The van der Waals surface area contributed by atoms with Crippen molar-refractivity contribution in [3.63, 3.8) is 0 Å². The van der Waals surface area contributed by atoms with Crippen LogP contribution in [0, 0.1) is 13.8 Å². The van der Waals surface area contributed by atoms with Crippen LogP contribution in [0.25, 0.3) is 0 Å². The molecule has 100 valence electrons. The van der Waals surface area contributed by atoms with Gasteiger partial charge in [-0.25, -0.2) is 0 Å². The standard InChI is InChI=1S/C14H14O.2CH2O/c1-11-3-7-13(8-4-11)15-14-9-5-12(2)6-10-14;2*1-2/h3-10H,1-2H3;2*1H2. The molecule has 19 heavy (non-hydrogen) atoms. The van der Waals surface area contributed by atoms with Crippen molar-refractivity contribution < 1.29 is 14.3 Å². The zero-order chi connectivity index (χ0) is 14.7. The molecule has 0 amide bonds. The molecule has 0 radical (unpaired) electrons. The molecule has 2 aromatic rings. The van der Waals surface area contributed by atoms with E-state index in [0.29, 0.717) is 0 Å². The third-order valence-corrected chi connectivity index (χ3v) is 2.28. The normalized spacial score (nSPS) is 8.32. The quantitative estimate of drug-likeness (QED) is 0.824. The van der Waals surface area contributed by atoms with Gasteiger partial charge in [0.25, 0.3) is 0 Å². The number of rotatable bonds is 2. The lowest BCUT2D eigenvalue weighted by molar-refractivity contribution is -0.0987. The van der Waals surface area contributed by atoms with E-state index in [0.717, 1.165) is 11.5 Å². The van der Waals surface area contributed by atoms with Gasteiger partial charge in [0.1, 0.15) is 25.1 Å². The van der Waals surface area contributed by atoms with E-state index in [-0.39, 0.29) is 0 Å². The van der Waals surface area contributed by atoms with Crippen LogP contribution < -0.4 is 4.74 Å². The average molecular weight is 258 g/mol. The summed E-state index contributed by atoms with van der Waals surface area (Å²) in [5.41, 5.74) is 2.48. The van der Waals surface area contributed by atoms with Crippen molar-refractivity contribution in [3.05, 3.63) is 59.7 Å². The maximum Gasteiger partial charge on any atom is 0.127 e. The molecular weight excluding hydrogens is 240 g/mol. The number of carbonyl (C=O) groups is 2. The van der Waals surface area contributed by atoms with E-state index in [1.165, 1.54) is 11.1 Å². The topological polar surface area (TPSA) is 43.4 Å². The second kappa shape index (κ2) is 9.59. The minimum atomic E-state index is 0.879. The first-order chi connectivity index (χ1) is 9.24. The van der Waals surface area contributed by atoms with Gasteiger partial charge >= 0.3 is 0 Å². The highest BCUT2D eigenvalue weighted by Gasteiger charge is 1.95. The van der Waals surface area contributed by atoms with Crippen molar-refractivity contribution in [1.29, 1.82) is 0 Å². The highest BCUT2D eigenvalue weighted by molar-refractivity contribution is 5.33. The Morgan fingerprint density at radius 2 is 0.895 bits per heavy atom. The van der Waals surface area contributed by atoms with E-state index < -0.39 is 0 Å².